The van der Waals surface area contributed by atoms with E-state index >= 15 is 0 Å². The lowest BCUT2D eigenvalue weighted by Gasteiger charge is -2.23. The zero-order chi connectivity index (χ0) is 8.20. The first-order valence-corrected chi connectivity index (χ1v) is 3.95. The standard InChI is InChI=1S/C5H11NO3S/c1-3-5(2,4-7)6-10(8)9/h4,6H,3H2,1-2H3,(H,8,9)/p-1. The molecule has 0 amide bonds. The smallest absolute Gasteiger partial charge is 0.140 e. The average Bonchev–Trinajstić information content (AvgIpc) is 1.87. The number of carbonyl (C=O) groups is 1. The van der Waals surface area contributed by atoms with E-state index in [2.05, 4.69) is 4.72 Å². The minimum absolute atomic E-state index is 0.449. The fraction of sp³-hybridized carbons (Fsp3) is 0.800. The summed E-state index contributed by atoms with van der Waals surface area (Å²) in [5.41, 5.74) is -0.938. The van der Waals surface area contributed by atoms with Crippen molar-refractivity contribution in [2.24, 2.45) is 0 Å². The van der Waals surface area contributed by atoms with Crippen molar-refractivity contribution in [2.45, 2.75) is 25.8 Å². The van der Waals surface area contributed by atoms with Crippen molar-refractivity contribution in [2.75, 3.05) is 0 Å². The minimum atomic E-state index is -2.37. The molecule has 0 radical (unpaired) electrons. The topological polar surface area (TPSA) is 69.2 Å². The Hall–Kier alpha value is -0.260. The van der Waals surface area contributed by atoms with Crippen LogP contribution in [0, 0.1) is 0 Å². The third kappa shape index (κ3) is 3.05. The SMILES string of the molecule is CCC(C)(C=O)NS(=O)[O-]. The number of aldehydes is 1. The van der Waals surface area contributed by atoms with Gasteiger partial charge in [0.15, 0.2) is 0 Å². The van der Waals surface area contributed by atoms with Crippen molar-refractivity contribution in [3.63, 3.8) is 0 Å². The van der Waals surface area contributed by atoms with Gasteiger partial charge in [-0.25, -0.2) is 4.72 Å². The second-order valence-corrected chi connectivity index (χ2v) is 2.90. The van der Waals surface area contributed by atoms with E-state index in [4.69, 9.17) is 0 Å². The molecule has 4 nitrogen and oxygen atoms in total. The van der Waals surface area contributed by atoms with Crippen molar-refractivity contribution in [1.29, 1.82) is 0 Å². The minimum Gasteiger partial charge on any atom is -0.760 e. The Morgan fingerprint density at radius 1 is 1.80 bits per heavy atom. The van der Waals surface area contributed by atoms with E-state index in [1.807, 2.05) is 0 Å². The maximum absolute atomic E-state index is 10.3. The summed E-state index contributed by atoms with van der Waals surface area (Å²) in [7, 11) is 0. The van der Waals surface area contributed by atoms with Gasteiger partial charge < -0.3 is 9.35 Å². The van der Waals surface area contributed by atoms with Crippen LogP contribution >= 0.6 is 0 Å². The fourth-order valence-corrected chi connectivity index (χ4v) is 0.943. The zero-order valence-electron chi connectivity index (χ0n) is 5.92. The Labute approximate surface area is 62.4 Å². The van der Waals surface area contributed by atoms with Crippen LogP contribution < -0.4 is 4.72 Å². The van der Waals surface area contributed by atoms with E-state index < -0.39 is 16.8 Å². The Morgan fingerprint density at radius 2 is 2.30 bits per heavy atom. The molecular weight excluding hydrogens is 154 g/mol. The van der Waals surface area contributed by atoms with Crippen molar-refractivity contribution in [1.82, 2.24) is 4.72 Å². The van der Waals surface area contributed by atoms with Crippen LogP contribution in [0.2, 0.25) is 0 Å². The summed E-state index contributed by atoms with van der Waals surface area (Å²) in [6.45, 7) is 3.25. The monoisotopic (exact) mass is 164 g/mol. The van der Waals surface area contributed by atoms with Gasteiger partial charge in [-0.2, -0.15) is 0 Å². The van der Waals surface area contributed by atoms with E-state index in [1.54, 1.807) is 6.92 Å². The molecule has 0 saturated carbocycles. The van der Waals surface area contributed by atoms with Crippen LogP contribution in [0.1, 0.15) is 20.3 Å². The van der Waals surface area contributed by atoms with Crippen LogP contribution in [0.5, 0.6) is 0 Å². The van der Waals surface area contributed by atoms with Crippen LogP contribution in [-0.4, -0.2) is 20.6 Å². The molecule has 0 aliphatic carbocycles. The predicted molar refractivity (Wildman–Crippen MR) is 36.8 cm³/mol. The number of rotatable bonds is 4. The van der Waals surface area contributed by atoms with Gasteiger partial charge >= 0.3 is 0 Å². The molecule has 5 heteroatoms. The maximum Gasteiger partial charge on any atom is 0.140 e. The second kappa shape index (κ2) is 3.80. The molecule has 0 aromatic rings. The molecule has 0 aliphatic rings. The Morgan fingerprint density at radius 3 is 2.40 bits per heavy atom. The van der Waals surface area contributed by atoms with Gasteiger partial charge in [-0.3, -0.25) is 4.21 Å². The van der Waals surface area contributed by atoms with E-state index in [9.17, 15) is 13.6 Å². The Kier molecular flexibility index (Phi) is 3.70. The summed E-state index contributed by atoms with van der Waals surface area (Å²) in [6.07, 6.45) is 1.04. The summed E-state index contributed by atoms with van der Waals surface area (Å²) in [6, 6.07) is 0. The molecule has 0 spiro atoms. The highest BCUT2D eigenvalue weighted by molar-refractivity contribution is 7.77. The van der Waals surface area contributed by atoms with Gasteiger partial charge in [0, 0.05) is 11.3 Å². The van der Waals surface area contributed by atoms with E-state index in [-0.39, 0.29) is 0 Å². The number of hydrogen-bond acceptors (Lipinski definition) is 3. The number of nitrogens with one attached hydrogen (secondary N) is 1. The molecule has 60 valence electrons. The van der Waals surface area contributed by atoms with Crippen molar-refractivity contribution >= 4 is 17.6 Å². The van der Waals surface area contributed by atoms with Gasteiger partial charge in [0.25, 0.3) is 0 Å². The average molecular weight is 164 g/mol. The lowest BCUT2D eigenvalue weighted by molar-refractivity contribution is -0.112. The molecule has 2 unspecified atom stereocenters. The number of hydrogen-bond donors (Lipinski definition) is 1. The van der Waals surface area contributed by atoms with Crippen LogP contribution in [0.4, 0.5) is 0 Å². The van der Waals surface area contributed by atoms with Gasteiger partial charge in [-0.15, -0.1) is 0 Å². The zero-order valence-corrected chi connectivity index (χ0v) is 6.73. The van der Waals surface area contributed by atoms with Crippen molar-refractivity contribution in [3.05, 3.63) is 0 Å². The van der Waals surface area contributed by atoms with Crippen LogP contribution in [0.15, 0.2) is 0 Å². The second-order valence-electron chi connectivity index (χ2n) is 2.23. The third-order valence-electron chi connectivity index (χ3n) is 1.31. The van der Waals surface area contributed by atoms with Gasteiger partial charge in [0.2, 0.25) is 0 Å². The van der Waals surface area contributed by atoms with Crippen LogP contribution in [-0.2, 0) is 16.1 Å². The maximum atomic E-state index is 10.3. The summed E-state index contributed by atoms with van der Waals surface area (Å²) in [5.74, 6) is 0. The predicted octanol–water partition coefficient (Wildman–Crippen LogP) is -0.262. The largest absolute Gasteiger partial charge is 0.760 e. The molecule has 0 heterocycles. The molecule has 10 heavy (non-hydrogen) atoms. The molecular formula is C5H10NO3S-. The summed E-state index contributed by atoms with van der Waals surface area (Å²) in [4.78, 5) is 10.3. The lowest BCUT2D eigenvalue weighted by Crippen LogP contribution is -2.44. The summed E-state index contributed by atoms with van der Waals surface area (Å²) in [5, 5.41) is 0. The molecule has 0 aromatic heterocycles. The molecule has 0 rings (SSSR count). The fourth-order valence-electron chi connectivity index (χ4n) is 0.370. The van der Waals surface area contributed by atoms with E-state index in [1.165, 1.54) is 6.92 Å². The van der Waals surface area contributed by atoms with Gasteiger partial charge in [0.1, 0.15) is 6.29 Å². The quantitative estimate of drug-likeness (QED) is 0.459. The van der Waals surface area contributed by atoms with Gasteiger partial charge in [-0.1, -0.05) is 6.92 Å². The van der Waals surface area contributed by atoms with E-state index in [0.717, 1.165) is 0 Å². The Bertz CT molecular complexity index is 150. The molecule has 1 N–H and O–H groups in total. The van der Waals surface area contributed by atoms with E-state index in [0.29, 0.717) is 12.7 Å². The first-order valence-electron chi connectivity index (χ1n) is 2.87. The number of carbonyl (C=O) groups excluding carboxylic acids is 1. The van der Waals surface area contributed by atoms with Crippen molar-refractivity contribution < 1.29 is 13.6 Å². The lowest BCUT2D eigenvalue weighted by atomic mass is 10.0. The highest BCUT2D eigenvalue weighted by Gasteiger charge is 2.19. The van der Waals surface area contributed by atoms with Crippen LogP contribution in [0.3, 0.4) is 0 Å². The summed E-state index contributed by atoms with van der Waals surface area (Å²) < 4.78 is 22.2. The molecule has 0 fully saturated rings. The Balaban J connectivity index is 4.05. The third-order valence-corrected chi connectivity index (χ3v) is 1.94. The molecule has 0 aliphatic heterocycles. The van der Waals surface area contributed by atoms with Crippen LogP contribution in [0.25, 0.3) is 0 Å². The first kappa shape index (κ1) is 9.74. The molecule has 0 saturated heterocycles. The highest BCUT2D eigenvalue weighted by Crippen LogP contribution is 2.04. The van der Waals surface area contributed by atoms with Gasteiger partial charge in [-0.05, 0) is 13.3 Å². The van der Waals surface area contributed by atoms with Crippen molar-refractivity contribution in [3.8, 4) is 0 Å². The highest BCUT2D eigenvalue weighted by atomic mass is 32.2. The normalized spacial score (nSPS) is 19.5. The summed E-state index contributed by atoms with van der Waals surface area (Å²) >= 11 is -2.37. The molecule has 0 aromatic carbocycles. The first-order chi connectivity index (χ1) is 4.54. The molecule has 2 atom stereocenters. The molecule has 0 bridgehead atoms. The van der Waals surface area contributed by atoms with Gasteiger partial charge in [0.05, 0.1) is 5.54 Å².